The van der Waals surface area contributed by atoms with Gasteiger partial charge in [0.1, 0.15) is 0 Å². The smallest absolute Gasteiger partial charge is 0.0386 e. The summed E-state index contributed by atoms with van der Waals surface area (Å²) in [7, 11) is 0. The second kappa shape index (κ2) is 20.2. The maximum atomic E-state index is 2.00. The van der Waals surface area contributed by atoms with Gasteiger partial charge < -0.3 is 0 Å². The largest absolute Gasteiger partial charge is 0.0683 e. The Morgan fingerprint density at radius 3 is 0.485 bits per heavy atom. The normalized spacial score (nSPS) is 35.5. The van der Waals surface area contributed by atoms with Crippen LogP contribution in [-0.2, 0) is 0 Å². The summed E-state index contributed by atoms with van der Waals surface area (Å²) in [4.78, 5) is 0. The van der Waals surface area contributed by atoms with Crippen LogP contribution in [0.1, 0.15) is 176 Å². The lowest BCUT2D eigenvalue weighted by Crippen LogP contribution is -2.22. The fourth-order valence-electron chi connectivity index (χ4n) is 8.06. The molecule has 6 aliphatic rings. The first-order valence-electron chi connectivity index (χ1n) is 16.4. The predicted molar refractivity (Wildman–Crippen MR) is 152 cm³/mol. The minimum atomic E-state index is 1.16. The van der Waals surface area contributed by atoms with Crippen LogP contribution in [0.2, 0.25) is 0 Å². The van der Waals surface area contributed by atoms with Crippen molar-refractivity contribution in [3.63, 3.8) is 0 Å². The van der Waals surface area contributed by atoms with Crippen molar-refractivity contribution >= 4 is 0 Å². The summed E-state index contributed by atoms with van der Waals surface area (Å²) in [6, 6.07) is 0. The molecule has 0 N–H and O–H groups in total. The molecule has 6 saturated carbocycles. The van der Waals surface area contributed by atoms with E-state index in [0.717, 1.165) is 11.8 Å². The third-order valence-electron chi connectivity index (χ3n) is 9.65. The highest BCUT2D eigenvalue weighted by Crippen LogP contribution is 2.44. The van der Waals surface area contributed by atoms with E-state index >= 15 is 0 Å². The van der Waals surface area contributed by atoms with E-state index < -0.39 is 0 Å². The van der Waals surface area contributed by atoms with Crippen LogP contribution in [0.3, 0.4) is 0 Å². The summed E-state index contributed by atoms with van der Waals surface area (Å²) in [5.74, 6) is 6.99. The monoisotopic (exact) mass is 463 g/mol. The molecular weight excluding hydrogens is 396 g/mol. The van der Waals surface area contributed by atoms with Gasteiger partial charge in [0.25, 0.3) is 0 Å². The summed E-state index contributed by atoms with van der Waals surface area (Å²) in [5.41, 5.74) is 0. The van der Waals surface area contributed by atoms with E-state index in [4.69, 9.17) is 0 Å². The molecule has 0 saturated heterocycles. The van der Waals surface area contributed by atoms with Crippen LogP contribution in [0.5, 0.6) is 0 Å². The van der Waals surface area contributed by atoms with E-state index in [0.29, 0.717) is 0 Å². The Morgan fingerprint density at radius 2 is 0.333 bits per heavy atom. The standard InChI is InChI=1S/C10H18.C9H16.C8H14.3C2H6/c1-2-6-10-8-4-3-7-9(10)5-1;1-2-5-9-7-3-6-8(9)4-1;1-3-7-5-2-6-8(7)4-1;3*1-2/h9-10H,1-8H2;8-9H,1-7H2;7-8H,1-6H2;3*1-2H3. The van der Waals surface area contributed by atoms with Gasteiger partial charge in [0, 0.05) is 0 Å². The molecule has 0 aliphatic heterocycles. The molecule has 0 bridgehead atoms. The molecule has 6 rings (SSSR count). The van der Waals surface area contributed by atoms with Crippen LogP contribution in [-0.4, -0.2) is 0 Å². The second-order valence-corrected chi connectivity index (χ2v) is 11.2. The highest BCUT2D eigenvalue weighted by molar-refractivity contribution is 4.83. The van der Waals surface area contributed by atoms with Crippen LogP contribution in [0.15, 0.2) is 0 Å². The first-order chi connectivity index (χ1) is 16.4. The highest BCUT2D eigenvalue weighted by atomic mass is 14.4. The lowest BCUT2D eigenvalue weighted by Gasteiger charge is -2.35. The van der Waals surface area contributed by atoms with Gasteiger partial charge in [-0.2, -0.15) is 0 Å². The zero-order chi connectivity index (χ0) is 24.3. The molecule has 6 fully saturated rings. The zero-order valence-corrected chi connectivity index (χ0v) is 24.3. The van der Waals surface area contributed by atoms with E-state index in [1.54, 1.807) is 77.0 Å². The summed E-state index contributed by atoms with van der Waals surface area (Å²) >= 11 is 0. The van der Waals surface area contributed by atoms with Crippen molar-refractivity contribution < 1.29 is 0 Å². The van der Waals surface area contributed by atoms with Gasteiger partial charge in [0.05, 0.1) is 0 Å². The SMILES string of the molecule is C1CC2CCCC2C1.C1CCC2CCCC2C1.C1CCC2CCCCC2C1.CC.CC.CC. The second-order valence-electron chi connectivity index (χ2n) is 11.2. The maximum Gasteiger partial charge on any atom is -0.0386 e. The summed E-state index contributed by atoms with van der Waals surface area (Å²) < 4.78 is 0. The van der Waals surface area contributed by atoms with Gasteiger partial charge in [-0.25, -0.2) is 0 Å². The average molecular weight is 463 g/mol. The predicted octanol–water partition coefficient (Wildman–Crippen LogP) is 12.0. The van der Waals surface area contributed by atoms with E-state index in [9.17, 15) is 0 Å². The highest BCUT2D eigenvalue weighted by Gasteiger charge is 2.31. The Hall–Kier alpha value is 0. The molecule has 2 atom stereocenters. The van der Waals surface area contributed by atoms with Crippen molar-refractivity contribution in [2.24, 2.45) is 35.5 Å². The van der Waals surface area contributed by atoms with Crippen LogP contribution >= 0.6 is 0 Å². The van der Waals surface area contributed by atoms with Crippen molar-refractivity contribution in [3.05, 3.63) is 0 Å². The van der Waals surface area contributed by atoms with E-state index in [2.05, 4.69) is 0 Å². The molecule has 0 nitrogen and oxygen atoms in total. The third-order valence-corrected chi connectivity index (χ3v) is 9.65. The molecule has 0 aromatic carbocycles. The summed E-state index contributed by atoms with van der Waals surface area (Å²) in [5, 5.41) is 0. The molecule has 33 heavy (non-hydrogen) atoms. The summed E-state index contributed by atoms with van der Waals surface area (Å²) in [6.45, 7) is 12.0. The Balaban J connectivity index is 0.000000223. The molecular formula is C33H66. The van der Waals surface area contributed by atoms with Gasteiger partial charge in [-0.3, -0.25) is 0 Å². The van der Waals surface area contributed by atoms with Gasteiger partial charge in [-0.05, 0) is 35.5 Å². The molecule has 6 aliphatic carbocycles. The van der Waals surface area contributed by atoms with Crippen molar-refractivity contribution in [1.82, 2.24) is 0 Å². The fraction of sp³-hybridized carbons (Fsp3) is 1.00. The van der Waals surface area contributed by atoms with Crippen LogP contribution in [0.4, 0.5) is 0 Å². The van der Waals surface area contributed by atoms with Gasteiger partial charge in [-0.1, -0.05) is 176 Å². The molecule has 0 aromatic rings. The number of hydrogen-bond acceptors (Lipinski definition) is 0. The Labute approximate surface area is 211 Å². The zero-order valence-electron chi connectivity index (χ0n) is 24.3. The van der Waals surface area contributed by atoms with Crippen molar-refractivity contribution in [2.45, 2.75) is 176 Å². The van der Waals surface area contributed by atoms with Crippen LogP contribution < -0.4 is 0 Å². The molecule has 0 amide bonds. The molecule has 0 radical (unpaired) electrons. The Kier molecular flexibility index (Phi) is 19.0. The molecule has 0 spiro atoms. The number of rotatable bonds is 0. The van der Waals surface area contributed by atoms with Crippen LogP contribution in [0.25, 0.3) is 0 Å². The maximum absolute atomic E-state index is 2.00. The van der Waals surface area contributed by atoms with Crippen LogP contribution in [0, 0.1) is 35.5 Å². The van der Waals surface area contributed by atoms with E-state index in [-0.39, 0.29) is 0 Å². The molecule has 0 heterocycles. The third kappa shape index (κ3) is 11.1. The lowest BCUT2D eigenvalue weighted by atomic mass is 9.71. The average Bonchev–Trinajstić information content (AvgIpc) is 3.67. The Morgan fingerprint density at radius 1 is 0.212 bits per heavy atom. The van der Waals surface area contributed by atoms with E-state index in [1.165, 1.54) is 81.5 Å². The van der Waals surface area contributed by atoms with Gasteiger partial charge in [0.2, 0.25) is 0 Å². The van der Waals surface area contributed by atoms with E-state index in [1.807, 2.05) is 41.5 Å². The Bertz CT molecular complexity index is 354. The summed E-state index contributed by atoms with van der Waals surface area (Å²) in [6.07, 6.45) is 32.5. The quantitative estimate of drug-likeness (QED) is 0.335. The minimum absolute atomic E-state index is 1.16. The lowest BCUT2D eigenvalue weighted by molar-refractivity contribution is 0.171. The minimum Gasteiger partial charge on any atom is -0.0683 e. The van der Waals surface area contributed by atoms with Crippen molar-refractivity contribution in [2.75, 3.05) is 0 Å². The van der Waals surface area contributed by atoms with Crippen molar-refractivity contribution in [1.29, 1.82) is 0 Å². The molecule has 0 heteroatoms. The molecule has 198 valence electrons. The fourth-order valence-corrected chi connectivity index (χ4v) is 8.06. The number of fused-ring (bicyclic) bond motifs is 3. The molecule has 0 aromatic heterocycles. The van der Waals surface area contributed by atoms with Crippen molar-refractivity contribution in [3.8, 4) is 0 Å². The van der Waals surface area contributed by atoms with Gasteiger partial charge in [0.15, 0.2) is 0 Å². The van der Waals surface area contributed by atoms with Gasteiger partial charge in [-0.15, -0.1) is 0 Å². The first kappa shape index (κ1) is 31.0. The van der Waals surface area contributed by atoms with Gasteiger partial charge >= 0.3 is 0 Å². The topological polar surface area (TPSA) is 0 Å². The number of hydrogen-bond donors (Lipinski definition) is 0. The first-order valence-corrected chi connectivity index (χ1v) is 16.4. The molecule has 2 unspecified atom stereocenters.